The van der Waals surface area contributed by atoms with Crippen LogP contribution in [-0.4, -0.2) is 56.7 Å². The lowest BCUT2D eigenvalue weighted by Gasteiger charge is -2.27. The van der Waals surface area contributed by atoms with E-state index < -0.39 is 10.0 Å². The highest BCUT2D eigenvalue weighted by atomic mass is 32.2. The van der Waals surface area contributed by atoms with Crippen molar-refractivity contribution in [1.29, 1.82) is 0 Å². The predicted molar refractivity (Wildman–Crippen MR) is 95.8 cm³/mol. The number of piperidine rings is 1. The second kappa shape index (κ2) is 7.85. The van der Waals surface area contributed by atoms with Gasteiger partial charge in [0, 0.05) is 19.6 Å². The SMILES string of the molecule is CS(=O)(=O)N1CCc2ccc(OCCCN3CCCCC3)cc2C1. The van der Waals surface area contributed by atoms with Crippen molar-refractivity contribution in [2.24, 2.45) is 0 Å². The molecule has 1 saturated heterocycles. The lowest BCUT2D eigenvalue weighted by Crippen LogP contribution is -2.35. The lowest BCUT2D eigenvalue weighted by molar-refractivity contribution is 0.205. The van der Waals surface area contributed by atoms with E-state index in [1.807, 2.05) is 12.1 Å². The summed E-state index contributed by atoms with van der Waals surface area (Å²) in [6, 6.07) is 6.10. The normalized spacial score (nSPS) is 19.9. The number of fused-ring (bicyclic) bond motifs is 1. The zero-order chi connectivity index (χ0) is 17.0. The van der Waals surface area contributed by atoms with Crippen molar-refractivity contribution in [3.05, 3.63) is 29.3 Å². The Kier molecular flexibility index (Phi) is 5.79. The first-order valence-corrected chi connectivity index (χ1v) is 10.8. The van der Waals surface area contributed by atoms with E-state index in [0.717, 1.165) is 30.7 Å². The standard InChI is InChI=1S/C18H28N2O3S/c1-24(21,22)20-12-8-16-6-7-18(14-17(16)15-20)23-13-5-11-19-9-3-2-4-10-19/h6-7,14H,2-5,8-13,15H2,1H3. The molecule has 1 aromatic carbocycles. The highest BCUT2D eigenvalue weighted by molar-refractivity contribution is 7.88. The van der Waals surface area contributed by atoms with Crippen molar-refractivity contribution in [2.75, 3.05) is 39.0 Å². The van der Waals surface area contributed by atoms with E-state index in [0.29, 0.717) is 19.7 Å². The minimum atomic E-state index is -3.13. The van der Waals surface area contributed by atoms with Crippen LogP contribution >= 0.6 is 0 Å². The van der Waals surface area contributed by atoms with Gasteiger partial charge in [-0.05, 0) is 62.0 Å². The largest absolute Gasteiger partial charge is 0.494 e. The molecule has 0 atom stereocenters. The first kappa shape index (κ1) is 17.7. The second-order valence-electron chi connectivity index (χ2n) is 6.88. The Bertz CT molecular complexity index is 654. The molecule has 2 heterocycles. The molecule has 0 spiro atoms. The Morgan fingerprint density at radius 2 is 1.88 bits per heavy atom. The molecule has 0 unspecified atom stereocenters. The zero-order valence-corrected chi connectivity index (χ0v) is 15.4. The average molecular weight is 353 g/mol. The first-order valence-electron chi connectivity index (χ1n) is 8.94. The molecule has 0 radical (unpaired) electrons. The smallest absolute Gasteiger partial charge is 0.211 e. The summed E-state index contributed by atoms with van der Waals surface area (Å²) in [4.78, 5) is 2.52. The van der Waals surface area contributed by atoms with E-state index in [-0.39, 0.29) is 0 Å². The number of hydrogen-bond acceptors (Lipinski definition) is 4. The summed E-state index contributed by atoms with van der Waals surface area (Å²) in [6.45, 7) is 5.29. The van der Waals surface area contributed by atoms with Gasteiger partial charge in [0.2, 0.25) is 10.0 Å². The molecule has 0 N–H and O–H groups in total. The molecular weight excluding hydrogens is 324 g/mol. The van der Waals surface area contributed by atoms with Gasteiger partial charge in [-0.25, -0.2) is 8.42 Å². The molecule has 0 saturated carbocycles. The summed E-state index contributed by atoms with van der Waals surface area (Å²) in [5.41, 5.74) is 2.30. The molecule has 0 aliphatic carbocycles. The summed E-state index contributed by atoms with van der Waals surface area (Å²) in [6.07, 6.45) is 7.10. The summed E-state index contributed by atoms with van der Waals surface area (Å²) < 4.78 is 30.9. The van der Waals surface area contributed by atoms with Gasteiger partial charge in [0.1, 0.15) is 5.75 Å². The van der Waals surface area contributed by atoms with E-state index >= 15 is 0 Å². The Morgan fingerprint density at radius 3 is 2.62 bits per heavy atom. The first-order chi connectivity index (χ1) is 11.5. The van der Waals surface area contributed by atoms with Crippen LogP contribution < -0.4 is 4.74 Å². The van der Waals surface area contributed by atoms with Gasteiger partial charge in [-0.1, -0.05) is 12.5 Å². The molecule has 2 aliphatic rings. The average Bonchev–Trinajstić information content (AvgIpc) is 2.58. The van der Waals surface area contributed by atoms with Crippen LogP contribution in [0.25, 0.3) is 0 Å². The fraction of sp³-hybridized carbons (Fsp3) is 0.667. The number of sulfonamides is 1. The Labute approximate surface area is 145 Å². The Hall–Kier alpha value is -1.11. The molecule has 24 heavy (non-hydrogen) atoms. The maximum Gasteiger partial charge on any atom is 0.211 e. The molecule has 1 fully saturated rings. The molecular formula is C18H28N2O3S. The lowest BCUT2D eigenvalue weighted by atomic mass is 10.0. The minimum Gasteiger partial charge on any atom is -0.494 e. The highest BCUT2D eigenvalue weighted by Gasteiger charge is 2.23. The van der Waals surface area contributed by atoms with Crippen LogP contribution in [0.15, 0.2) is 18.2 Å². The molecule has 0 bridgehead atoms. The summed E-state index contributed by atoms with van der Waals surface area (Å²) in [5, 5.41) is 0. The maximum absolute atomic E-state index is 11.7. The van der Waals surface area contributed by atoms with Gasteiger partial charge in [-0.15, -0.1) is 0 Å². The van der Waals surface area contributed by atoms with Gasteiger partial charge < -0.3 is 9.64 Å². The van der Waals surface area contributed by atoms with Crippen molar-refractivity contribution in [3.8, 4) is 5.75 Å². The van der Waals surface area contributed by atoms with Crippen LogP contribution in [0.4, 0.5) is 0 Å². The number of benzene rings is 1. The van der Waals surface area contributed by atoms with Crippen molar-refractivity contribution in [2.45, 2.75) is 38.6 Å². The fourth-order valence-corrected chi connectivity index (χ4v) is 4.34. The van der Waals surface area contributed by atoms with E-state index in [4.69, 9.17) is 4.74 Å². The van der Waals surface area contributed by atoms with Crippen LogP contribution in [-0.2, 0) is 23.0 Å². The molecule has 1 aromatic rings. The van der Waals surface area contributed by atoms with Crippen LogP contribution in [0.3, 0.4) is 0 Å². The quantitative estimate of drug-likeness (QED) is 0.737. The fourth-order valence-electron chi connectivity index (χ4n) is 3.54. The molecule has 3 rings (SSSR count). The van der Waals surface area contributed by atoms with Crippen LogP contribution in [0.1, 0.15) is 36.8 Å². The second-order valence-corrected chi connectivity index (χ2v) is 8.86. The number of nitrogens with zero attached hydrogens (tertiary/aromatic N) is 2. The molecule has 0 aromatic heterocycles. The van der Waals surface area contributed by atoms with E-state index in [2.05, 4.69) is 11.0 Å². The molecule has 134 valence electrons. The van der Waals surface area contributed by atoms with E-state index in [1.54, 1.807) is 0 Å². The maximum atomic E-state index is 11.7. The number of ether oxygens (including phenoxy) is 1. The van der Waals surface area contributed by atoms with Gasteiger partial charge in [0.25, 0.3) is 0 Å². The molecule has 0 amide bonds. The summed E-state index contributed by atoms with van der Waals surface area (Å²) in [5.74, 6) is 0.850. The monoisotopic (exact) mass is 352 g/mol. The zero-order valence-electron chi connectivity index (χ0n) is 14.5. The topological polar surface area (TPSA) is 49.9 Å². The van der Waals surface area contributed by atoms with E-state index in [1.165, 1.54) is 48.5 Å². The van der Waals surface area contributed by atoms with Crippen LogP contribution in [0.5, 0.6) is 5.75 Å². The van der Waals surface area contributed by atoms with Crippen LogP contribution in [0, 0.1) is 0 Å². The minimum absolute atomic E-state index is 0.457. The molecule has 6 heteroatoms. The van der Waals surface area contributed by atoms with Crippen molar-refractivity contribution < 1.29 is 13.2 Å². The summed E-state index contributed by atoms with van der Waals surface area (Å²) >= 11 is 0. The van der Waals surface area contributed by atoms with Crippen molar-refractivity contribution >= 4 is 10.0 Å². The number of likely N-dealkylation sites (tertiary alicyclic amines) is 1. The predicted octanol–water partition coefficient (Wildman–Crippen LogP) is 2.26. The molecule has 2 aliphatic heterocycles. The number of rotatable bonds is 6. The summed E-state index contributed by atoms with van der Waals surface area (Å²) in [7, 11) is -3.13. The van der Waals surface area contributed by atoms with Gasteiger partial charge in [0.15, 0.2) is 0 Å². The third kappa shape index (κ3) is 4.71. The van der Waals surface area contributed by atoms with Crippen molar-refractivity contribution in [1.82, 2.24) is 9.21 Å². The Balaban J connectivity index is 1.50. The van der Waals surface area contributed by atoms with Crippen LogP contribution in [0.2, 0.25) is 0 Å². The molecule has 5 nitrogen and oxygen atoms in total. The third-order valence-corrected chi connectivity index (χ3v) is 6.21. The Morgan fingerprint density at radius 1 is 1.08 bits per heavy atom. The number of hydrogen-bond donors (Lipinski definition) is 0. The third-order valence-electron chi connectivity index (χ3n) is 4.96. The van der Waals surface area contributed by atoms with E-state index in [9.17, 15) is 8.42 Å². The van der Waals surface area contributed by atoms with Gasteiger partial charge in [-0.2, -0.15) is 4.31 Å². The van der Waals surface area contributed by atoms with Gasteiger partial charge >= 0.3 is 0 Å². The highest BCUT2D eigenvalue weighted by Crippen LogP contribution is 2.25. The van der Waals surface area contributed by atoms with Gasteiger partial charge in [-0.3, -0.25) is 0 Å². The van der Waals surface area contributed by atoms with Crippen molar-refractivity contribution in [3.63, 3.8) is 0 Å². The van der Waals surface area contributed by atoms with Gasteiger partial charge in [0.05, 0.1) is 12.9 Å².